The van der Waals surface area contributed by atoms with Crippen molar-refractivity contribution in [2.45, 2.75) is 6.92 Å². The lowest BCUT2D eigenvalue weighted by Crippen LogP contribution is -2.15. The molecule has 2 rings (SSSR count). The zero-order valence-electron chi connectivity index (χ0n) is 10.6. The zero-order valence-corrected chi connectivity index (χ0v) is 10.6. The first-order chi connectivity index (χ1) is 8.69. The number of benzene rings is 2. The van der Waals surface area contributed by atoms with Crippen LogP contribution in [-0.2, 0) is 0 Å². The van der Waals surface area contributed by atoms with Crippen LogP contribution in [0.25, 0.3) is 0 Å². The largest absolute Gasteiger partial charge is 0.508 e. The molecule has 0 saturated heterocycles. The molecule has 0 heterocycles. The molecule has 18 heavy (non-hydrogen) atoms. The Hall–Kier alpha value is -2.16. The van der Waals surface area contributed by atoms with E-state index in [2.05, 4.69) is 18.9 Å². The number of anilines is 1. The van der Waals surface area contributed by atoms with Crippen molar-refractivity contribution in [2.75, 3.05) is 18.5 Å². The van der Waals surface area contributed by atoms with Gasteiger partial charge in [-0.3, -0.25) is 0 Å². The smallest absolute Gasteiger partial charge is 0.127 e. The van der Waals surface area contributed by atoms with Gasteiger partial charge < -0.3 is 14.7 Å². The number of nitrogens with zero attached hydrogens (tertiary/aromatic N) is 1. The van der Waals surface area contributed by atoms with Crippen LogP contribution in [0, 0.1) is 0 Å². The van der Waals surface area contributed by atoms with Gasteiger partial charge in [0.15, 0.2) is 0 Å². The van der Waals surface area contributed by atoms with Gasteiger partial charge in [0, 0.05) is 19.3 Å². The van der Waals surface area contributed by atoms with Crippen molar-refractivity contribution < 1.29 is 9.84 Å². The topological polar surface area (TPSA) is 32.7 Å². The zero-order chi connectivity index (χ0) is 13.0. The van der Waals surface area contributed by atoms with Crippen LogP contribution in [0.1, 0.15) is 6.92 Å². The molecule has 2 aromatic carbocycles. The molecule has 0 fully saturated rings. The molecule has 0 aliphatic heterocycles. The van der Waals surface area contributed by atoms with Gasteiger partial charge in [0.1, 0.15) is 17.2 Å². The maximum absolute atomic E-state index is 9.19. The number of hydrogen-bond donors (Lipinski definition) is 1. The monoisotopic (exact) mass is 243 g/mol. The average molecular weight is 243 g/mol. The lowest BCUT2D eigenvalue weighted by molar-refractivity contribution is 0.464. The summed E-state index contributed by atoms with van der Waals surface area (Å²) in [6.07, 6.45) is 0. The fourth-order valence-corrected chi connectivity index (χ4v) is 1.60. The Bertz CT molecular complexity index is 491. The first-order valence-corrected chi connectivity index (χ1v) is 5.97. The predicted molar refractivity (Wildman–Crippen MR) is 73.6 cm³/mol. The van der Waals surface area contributed by atoms with Crippen molar-refractivity contribution in [1.82, 2.24) is 0 Å². The van der Waals surface area contributed by atoms with Crippen molar-refractivity contribution in [1.29, 1.82) is 0 Å². The van der Waals surface area contributed by atoms with Gasteiger partial charge in [-0.1, -0.05) is 0 Å². The molecule has 0 radical (unpaired) electrons. The highest BCUT2D eigenvalue weighted by atomic mass is 16.5. The predicted octanol–water partition coefficient (Wildman–Crippen LogP) is 3.64. The Kier molecular flexibility index (Phi) is 3.72. The van der Waals surface area contributed by atoms with E-state index in [9.17, 15) is 5.11 Å². The molecule has 0 bridgehead atoms. The van der Waals surface area contributed by atoms with E-state index in [-0.39, 0.29) is 5.75 Å². The molecule has 0 aliphatic rings. The van der Waals surface area contributed by atoms with Crippen molar-refractivity contribution in [3.63, 3.8) is 0 Å². The van der Waals surface area contributed by atoms with Crippen LogP contribution in [0.15, 0.2) is 48.5 Å². The minimum atomic E-state index is 0.238. The second-order valence-electron chi connectivity index (χ2n) is 4.10. The van der Waals surface area contributed by atoms with E-state index < -0.39 is 0 Å². The van der Waals surface area contributed by atoms with Crippen LogP contribution in [0.4, 0.5) is 5.69 Å². The molecule has 0 unspecified atom stereocenters. The van der Waals surface area contributed by atoms with Crippen LogP contribution in [0.5, 0.6) is 17.2 Å². The van der Waals surface area contributed by atoms with Crippen LogP contribution < -0.4 is 9.64 Å². The third kappa shape index (κ3) is 2.94. The van der Waals surface area contributed by atoms with Gasteiger partial charge in [-0.15, -0.1) is 0 Å². The first kappa shape index (κ1) is 12.3. The summed E-state index contributed by atoms with van der Waals surface area (Å²) in [5, 5.41) is 9.19. The molecule has 1 N–H and O–H groups in total. The molecule has 2 aromatic rings. The van der Waals surface area contributed by atoms with E-state index in [0.29, 0.717) is 5.75 Å². The Labute approximate surface area is 107 Å². The van der Waals surface area contributed by atoms with Crippen LogP contribution in [0.3, 0.4) is 0 Å². The Morgan fingerprint density at radius 1 is 0.944 bits per heavy atom. The molecule has 94 valence electrons. The number of phenols is 1. The Morgan fingerprint density at radius 2 is 1.44 bits per heavy atom. The second-order valence-corrected chi connectivity index (χ2v) is 4.10. The molecule has 0 aliphatic carbocycles. The summed E-state index contributed by atoms with van der Waals surface area (Å²) >= 11 is 0. The molecule has 3 heteroatoms. The molecule has 0 amide bonds. The van der Waals surface area contributed by atoms with Crippen LogP contribution in [0.2, 0.25) is 0 Å². The molecule has 0 saturated carbocycles. The van der Waals surface area contributed by atoms with Gasteiger partial charge in [0.05, 0.1) is 0 Å². The summed E-state index contributed by atoms with van der Waals surface area (Å²) in [5.74, 6) is 1.74. The summed E-state index contributed by atoms with van der Waals surface area (Å²) in [6, 6.07) is 14.6. The number of ether oxygens (including phenoxy) is 1. The second kappa shape index (κ2) is 5.45. The van der Waals surface area contributed by atoms with E-state index in [1.165, 1.54) is 0 Å². The quantitative estimate of drug-likeness (QED) is 0.889. The number of hydrogen-bond acceptors (Lipinski definition) is 3. The van der Waals surface area contributed by atoms with Crippen molar-refractivity contribution >= 4 is 5.69 Å². The summed E-state index contributed by atoms with van der Waals surface area (Å²) in [6.45, 7) is 3.08. The van der Waals surface area contributed by atoms with Crippen LogP contribution >= 0.6 is 0 Å². The summed E-state index contributed by atoms with van der Waals surface area (Å²) in [4.78, 5) is 2.16. The van der Waals surface area contributed by atoms with Gasteiger partial charge in [-0.25, -0.2) is 0 Å². The van der Waals surface area contributed by atoms with Gasteiger partial charge in [-0.2, -0.15) is 0 Å². The SMILES string of the molecule is CCN(C)c1ccc(Oc2ccc(O)cc2)cc1. The molecule has 0 spiro atoms. The van der Waals surface area contributed by atoms with Crippen molar-refractivity contribution in [3.05, 3.63) is 48.5 Å². The highest BCUT2D eigenvalue weighted by Crippen LogP contribution is 2.25. The fraction of sp³-hybridized carbons (Fsp3) is 0.200. The molecule has 0 aromatic heterocycles. The van der Waals surface area contributed by atoms with Crippen molar-refractivity contribution in [3.8, 4) is 17.2 Å². The standard InChI is InChI=1S/C15H17NO2/c1-3-16(2)12-4-8-14(9-5-12)18-15-10-6-13(17)7-11-15/h4-11,17H,3H2,1-2H3. The summed E-state index contributed by atoms with van der Waals surface area (Å²) < 4.78 is 5.67. The molecule has 3 nitrogen and oxygen atoms in total. The highest BCUT2D eigenvalue weighted by Gasteiger charge is 2.00. The van der Waals surface area contributed by atoms with Gasteiger partial charge in [0.25, 0.3) is 0 Å². The number of aromatic hydroxyl groups is 1. The first-order valence-electron chi connectivity index (χ1n) is 5.97. The van der Waals surface area contributed by atoms with Crippen molar-refractivity contribution in [2.24, 2.45) is 0 Å². The van der Waals surface area contributed by atoms with E-state index in [1.54, 1.807) is 24.3 Å². The Balaban J connectivity index is 2.08. The van der Waals surface area contributed by atoms with E-state index in [0.717, 1.165) is 18.0 Å². The minimum absolute atomic E-state index is 0.238. The highest BCUT2D eigenvalue weighted by molar-refractivity contribution is 5.49. The lowest BCUT2D eigenvalue weighted by atomic mass is 10.2. The Morgan fingerprint density at radius 3 is 1.94 bits per heavy atom. The summed E-state index contributed by atoms with van der Waals surface area (Å²) in [7, 11) is 2.05. The fourth-order valence-electron chi connectivity index (χ4n) is 1.60. The third-order valence-corrected chi connectivity index (χ3v) is 2.82. The maximum Gasteiger partial charge on any atom is 0.127 e. The number of rotatable bonds is 4. The van der Waals surface area contributed by atoms with Gasteiger partial charge >= 0.3 is 0 Å². The lowest BCUT2D eigenvalue weighted by Gasteiger charge is -2.16. The maximum atomic E-state index is 9.19. The van der Waals surface area contributed by atoms with Crippen LogP contribution in [-0.4, -0.2) is 18.7 Å². The van der Waals surface area contributed by atoms with Gasteiger partial charge in [0.2, 0.25) is 0 Å². The molecular formula is C15H17NO2. The summed E-state index contributed by atoms with van der Waals surface area (Å²) in [5.41, 5.74) is 1.16. The third-order valence-electron chi connectivity index (χ3n) is 2.82. The van der Waals surface area contributed by atoms with E-state index in [4.69, 9.17) is 4.74 Å². The van der Waals surface area contributed by atoms with E-state index in [1.807, 2.05) is 24.3 Å². The normalized spacial score (nSPS) is 10.1. The van der Waals surface area contributed by atoms with E-state index >= 15 is 0 Å². The molecule has 0 atom stereocenters. The molecular weight excluding hydrogens is 226 g/mol. The average Bonchev–Trinajstić information content (AvgIpc) is 2.41. The van der Waals surface area contributed by atoms with Gasteiger partial charge in [-0.05, 0) is 55.5 Å². The number of phenolic OH excluding ortho intramolecular Hbond substituents is 1. The minimum Gasteiger partial charge on any atom is -0.508 e.